The minimum Gasteiger partial charge on any atom is -0.371 e. The smallest absolute Gasteiger partial charge is 0.321 e. The Bertz CT molecular complexity index is 262. The molecule has 0 amide bonds. The molecule has 0 radical (unpaired) electrons. The van der Waals surface area contributed by atoms with Gasteiger partial charge in [-0.25, -0.2) is 0 Å². The van der Waals surface area contributed by atoms with Crippen molar-refractivity contribution in [3.8, 4) is 0 Å². The first kappa shape index (κ1) is 11.0. The van der Waals surface area contributed by atoms with Crippen molar-refractivity contribution in [2.45, 2.75) is 33.3 Å². The largest absolute Gasteiger partial charge is 0.371 e. The number of anilines is 1. The van der Waals surface area contributed by atoms with Crippen LogP contribution in [0.3, 0.4) is 0 Å². The summed E-state index contributed by atoms with van der Waals surface area (Å²) in [6.07, 6.45) is 0.916. The van der Waals surface area contributed by atoms with Crippen LogP contribution < -0.4 is 5.32 Å². The van der Waals surface area contributed by atoms with E-state index in [0.29, 0.717) is 18.4 Å². The van der Waals surface area contributed by atoms with E-state index in [2.05, 4.69) is 22.4 Å². The van der Waals surface area contributed by atoms with Crippen LogP contribution in [0.2, 0.25) is 0 Å². The van der Waals surface area contributed by atoms with Crippen LogP contribution in [0.4, 0.5) is 6.01 Å². The molecule has 1 aromatic rings. The van der Waals surface area contributed by atoms with Crippen molar-refractivity contribution in [1.29, 1.82) is 0 Å². The Morgan fingerprint density at radius 1 is 1.50 bits per heavy atom. The van der Waals surface area contributed by atoms with Crippen LogP contribution in [-0.2, 0) is 4.74 Å². The Hall–Kier alpha value is -1.10. The van der Waals surface area contributed by atoms with Crippen LogP contribution >= 0.6 is 0 Å². The summed E-state index contributed by atoms with van der Waals surface area (Å²) in [6, 6.07) is 0.466. The van der Waals surface area contributed by atoms with Crippen molar-refractivity contribution in [1.82, 2.24) is 10.1 Å². The van der Waals surface area contributed by atoms with Crippen molar-refractivity contribution in [2.75, 3.05) is 18.5 Å². The van der Waals surface area contributed by atoms with Gasteiger partial charge >= 0.3 is 6.01 Å². The molecule has 0 aliphatic rings. The molecule has 5 heteroatoms. The van der Waals surface area contributed by atoms with Crippen molar-refractivity contribution < 1.29 is 9.26 Å². The number of ether oxygens (including phenoxy) is 1. The fourth-order valence-electron chi connectivity index (χ4n) is 1.03. The molecule has 0 aliphatic heterocycles. The van der Waals surface area contributed by atoms with Gasteiger partial charge in [-0.1, -0.05) is 12.1 Å². The van der Waals surface area contributed by atoms with Crippen LogP contribution in [0.25, 0.3) is 0 Å². The molecular formula is C9H17N3O2. The lowest BCUT2D eigenvalue weighted by molar-refractivity contribution is 0.0683. The number of aromatic nitrogens is 2. The van der Waals surface area contributed by atoms with Gasteiger partial charge in [0.1, 0.15) is 6.10 Å². The Morgan fingerprint density at radius 3 is 2.93 bits per heavy atom. The molecule has 1 heterocycles. The highest BCUT2D eigenvalue weighted by atomic mass is 16.5. The first-order chi connectivity index (χ1) is 6.77. The van der Waals surface area contributed by atoms with Crippen LogP contribution in [0.1, 0.15) is 39.1 Å². The molecule has 1 atom stereocenters. The van der Waals surface area contributed by atoms with Gasteiger partial charge in [-0.2, -0.15) is 4.98 Å². The Labute approximate surface area is 83.8 Å². The molecule has 0 saturated carbocycles. The van der Waals surface area contributed by atoms with E-state index in [1.165, 1.54) is 0 Å². The highest BCUT2D eigenvalue weighted by Gasteiger charge is 2.12. The van der Waals surface area contributed by atoms with Gasteiger partial charge in [-0.3, -0.25) is 0 Å². The maximum absolute atomic E-state index is 5.33. The fourth-order valence-corrected chi connectivity index (χ4v) is 1.03. The van der Waals surface area contributed by atoms with E-state index in [4.69, 9.17) is 9.26 Å². The summed E-state index contributed by atoms with van der Waals surface area (Å²) >= 11 is 0. The van der Waals surface area contributed by atoms with Crippen molar-refractivity contribution in [2.24, 2.45) is 0 Å². The van der Waals surface area contributed by atoms with E-state index in [1.54, 1.807) is 0 Å². The van der Waals surface area contributed by atoms with Gasteiger partial charge in [0.2, 0.25) is 5.82 Å². The number of rotatable bonds is 6. The quantitative estimate of drug-likeness (QED) is 0.759. The molecule has 5 nitrogen and oxygen atoms in total. The zero-order valence-corrected chi connectivity index (χ0v) is 8.91. The predicted octanol–water partition coefficient (Wildman–Crippen LogP) is 1.99. The highest BCUT2D eigenvalue weighted by molar-refractivity contribution is 5.18. The monoisotopic (exact) mass is 199 g/mol. The molecule has 1 aromatic heterocycles. The molecule has 0 bridgehead atoms. The topological polar surface area (TPSA) is 60.2 Å². The van der Waals surface area contributed by atoms with Gasteiger partial charge < -0.3 is 14.6 Å². The van der Waals surface area contributed by atoms with Crippen LogP contribution in [0, 0.1) is 0 Å². The molecule has 0 spiro atoms. The lowest BCUT2D eigenvalue weighted by Crippen LogP contribution is -2.03. The summed E-state index contributed by atoms with van der Waals surface area (Å²) < 4.78 is 10.3. The third-order valence-electron chi connectivity index (χ3n) is 1.75. The van der Waals surface area contributed by atoms with Crippen molar-refractivity contribution >= 4 is 6.01 Å². The van der Waals surface area contributed by atoms with E-state index < -0.39 is 0 Å². The summed E-state index contributed by atoms with van der Waals surface area (Å²) in [5.74, 6) is 0.588. The van der Waals surface area contributed by atoms with Crippen LogP contribution in [-0.4, -0.2) is 23.3 Å². The van der Waals surface area contributed by atoms with Gasteiger partial charge in [0.05, 0.1) is 0 Å². The van der Waals surface area contributed by atoms with E-state index in [9.17, 15) is 0 Å². The summed E-state index contributed by atoms with van der Waals surface area (Å²) in [4.78, 5) is 4.15. The zero-order chi connectivity index (χ0) is 10.4. The molecule has 0 aromatic carbocycles. The second kappa shape index (κ2) is 5.59. The summed E-state index contributed by atoms with van der Waals surface area (Å²) in [7, 11) is 0. The minimum absolute atomic E-state index is 0.110. The normalized spacial score (nSPS) is 12.8. The van der Waals surface area contributed by atoms with E-state index in [0.717, 1.165) is 13.0 Å². The lowest BCUT2D eigenvalue weighted by Gasteiger charge is -2.04. The number of hydrogen-bond acceptors (Lipinski definition) is 5. The standard InChI is InChI=1S/C9H17N3O2/c1-4-6-10-9-11-8(12-14-9)7(3)13-5-2/h7H,4-6H2,1-3H3,(H,10,11,12). The van der Waals surface area contributed by atoms with E-state index in [-0.39, 0.29) is 6.10 Å². The number of nitrogens with zero attached hydrogens (tertiary/aromatic N) is 2. The molecule has 14 heavy (non-hydrogen) atoms. The third-order valence-corrected chi connectivity index (χ3v) is 1.75. The van der Waals surface area contributed by atoms with Gasteiger partial charge in [-0.05, 0) is 20.3 Å². The van der Waals surface area contributed by atoms with Crippen LogP contribution in [0.5, 0.6) is 0 Å². The van der Waals surface area contributed by atoms with E-state index in [1.807, 2.05) is 13.8 Å². The summed E-state index contributed by atoms with van der Waals surface area (Å²) in [5.41, 5.74) is 0. The summed E-state index contributed by atoms with van der Waals surface area (Å²) in [5, 5.41) is 6.83. The first-order valence-corrected chi connectivity index (χ1v) is 4.97. The predicted molar refractivity (Wildman–Crippen MR) is 53.1 cm³/mol. The highest BCUT2D eigenvalue weighted by Crippen LogP contribution is 2.14. The molecule has 0 fully saturated rings. The van der Waals surface area contributed by atoms with Gasteiger partial charge in [-0.15, -0.1) is 0 Å². The Kier molecular flexibility index (Phi) is 4.39. The maximum Gasteiger partial charge on any atom is 0.321 e. The van der Waals surface area contributed by atoms with Crippen LogP contribution in [0.15, 0.2) is 4.52 Å². The molecular weight excluding hydrogens is 182 g/mol. The zero-order valence-electron chi connectivity index (χ0n) is 8.91. The molecule has 0 saturated heterocycles. The molecule has 80 valence electrons. The lowest BCUT2D eigenvalue weighted by atomic mass is 10.4. The van der Waals surface area contributed by atoms with Gasteiger partial charge in [0, 0.05) is 13.2 Å². The Morgan fingerprint density at radius 2 is 2.29 bits per heavy atom. The minimum atomic E-state index is -0.110. The molecule has 1 N–H and O–H groups in total. The second-order valence-corrected chi connectivity index (χ2v) is 2.98. The second-order valence-electron chi connectivity index (χ2n) is 2.98. The maximum atomic E-state index is 5.33. The van der Waals surface area contributed by atoms with Crippen molar-refractivity contribution in [3.63, 3.8) is 0 Å². The summed E-state index contributed by atoms with van der Waals surface area (Å²) in [6.45, 7) is 7.40. The van der Waals surface area contributed by atoms with Gasteiger partial charge in [0.15, 0.2) is 0 Å². The molecule has 1 rings (SSSR count). The van der Waals surface area contributed by atoms with Gasteiger partial charge in [0.25, 0.3) is 0 Å². The SMILES string of the molecule is CCCNc1nc(C(C)OCC)no1. The van der Waals surface area contributed by atoms with E-state index >= 15 is 0 Å². The molecule has 0 aliphatic carbocycles. The average Bonchev–Trinajstić information content (AvgIpc) is 2.63. The number of hydrogen-bond donors (Lipinski definition) is 1. The first-order valence-electron chi connectivity index (χ1n) is 4.97. The Balaban J connectivity index is 2.49. The van der Waals surface area contributed by atoms with Crippen molar-refractivity contribution in [3.05, 3.63) is 5.82 Å². The third kappa shape index (κ3) is 2.99. The number of nitrogens with one attached hydrogen (secondary N) is 1. The fraction of sp³-hybridized carbons (Fsp3) is 0.778. The average molecular weight is 199 g/mol. The molecule has 1 unspecified atom stereocenters.